The number of ketones is 1. The predicted octanol–water partition coefficient (Wildman–Crippen LogP) is 2.88. The van der Waals surface area contributed by atoms with E-state index in [1.807, 2.05) is 0 Å². The zero-order valence-electron chi connectivity index (χ0n) is 9.76. The van der Waals surface area contributed by atoms with Crippen molar-refractivity contribution in [3.63, 3.8) is 0 Å². The van der Waals surface area contributed by atoms with E-state index in [0.29, 0.717) is 24.1 Å². The Morgan fingerprint density at radius 3 is 2.67 bits per heavy atom. The van der Waals surface area contributed by atoms with Crippen LogP contribution in [0, 0.1) is 0 Å². The Balaban J connectivity index is 2.16. The summed E-state index contributed by atoms with van der Waals surface area (Å²) in [5, 5.41) is 0. The summed E-state index contributed by atoms with van der Waals surface area (Å²) in [6.45, 7) is 0. The maximum atomic E-state index is 12.1. The molecule has 18 heavy (non-hydrogen) atoms. The lowest BCUT2D eigenvalue weighted by Gasteiger charge is -2.08. The molecule has 0 saturated carbocycles. The van der Waals surface area contributed by atoms with Gasteiger partial charge in [-0.1, -0.05) is 0 Å². The molecule has 1 aromatic heterocycles. The summed E-state index contributed by atoms with van der Waals surface area (Å²) in [5.41, 5.74) is 1.08. The van der Waals surface area contributed by atoms with Crippen molar-refractivity contribution in [1.29, 1.82) is 0 Å². The number of Topliss-reactive ketones (excluding diaryl/α,β-unsaturated/α-hetero) is 1. The summed E-state index contributed by atoms with van der Waals surface area (Å²) in [4.78, 5) is 19.6. The lowest BCUT2D eigenvalue weighted by atomic mass is 10.1. The van der Waals surface area contributed by atoms with Crippen molar-refractivity contribution in [2.45, 2.75) is 44.7 Å². The molecule has 0 radical (unpaired) electrons. The molecule has 6 heteroatoms. The summed E-state index contributed by atoms with van der Waals surface area (Å²) >= 11 is 0. The van der Waals surface area contributed by atoms with Gasteiger partial charge < -0.3 is 0 Å². The Kier molecular flexibility index (Phi) is 3.63. The minimum atomic E-state index is -4.20. The number of halogens is 3. The van der Waals surface area contributed by atoms with Crippen molar-refractivity contribution < 1.29 is 18.0 Å². The monoisotopic (exact) mass is 258 g/mol. The van der Waals surface area contributed by atoms with E-state index in [-0.39, 0.29) is 18.0 Å². The Labute approximate surface area is 102 Å². The number of nitrogens with zero attached hydrogens (tertiary/aromatic N) is 2. The van der Waals surface area contributed by atoms with Gasteiger partial charge in [0.05, 0.1) is 17.7 Å². The second-order valence-corrected chi connectivity index (χ2v) is 4.39. The average molecular weight is 258 g/mol. The maximum Gasteiger partial charge on any atom is 0.389 e. The highest BCUT2D eigenvalue weighted by Gasteiger charge is 2.27. The molecule has 0 unspecified atom stereocenters. The van der Waals surface area contributed by atoms with E-state index < -0.39 is 12.6 Å². The second kappa shape index (κ2) is 5.04. The molecule has 3 nitrogen and oxygen atoms in total. The van der Waals surface area contributed by atoms with Gasteiger partial charge in [-0.2, -0.15) is 13.2 Å². The van der Waals surface area contributed by atoms with Crippen molar-refractivity contribution in [2.75, 3.05) is 0 Å². The molecule has 2 rings (SSSR count). The molecule has 98 valence electrons. The highest BCUT2D eigenvalue weighted by atomic mass is 19.4. The van der Waals surface area contributed by atoms with Crippen LogP contribution in [0.25, 0.3) is 0 Å². The third kappa shape index (κ3) is 3.27. The zero-order chi connectivity index (χ0) is 13.2. The van der Waals surface area contributed by atoms with Gasteiger partial charge in [0.1, 0.15) is 5.82 Å². The van der Waals surface area contributed by atoms with Crippen LogP contribution >= 0.6 is 0 Å². The standard InChI is InChI=1S/C12H13F3N2O/c13-12(14,15)6-5-11-16-7-8-9(17-11)3-1-2-4-10(8)18/h7H,1-6H2. The third-order valence-corrected chi connectivity index (χ3v) is 2.92. The van der Waals surface area contributed by atoms with Gasteiger partial charge in [-0.3, -0.25) is 4.79 Å². The van der Waals surface area contributed by atoms with Crippen molar-refractivity contribution in [2.24, 2.45) is 0 Å². The Morgan fingerprint density at radius 1 is 1.22 bits per heavy atom. The number of rotatable bonds is 2. The van der Waals surface area contributed by atoms with Crippen LogP contribution in [0.1, 0.15) is 47.6 Å². The van der Waals surface area contributed by atoms with Crippen LogP contribution in [0.5, 0.6) is 0 Å². The van der Waals surface area contributed by atoms with Crippen molar-refractivity contribution in [3.05, 3.63) is 23.3 Å². The molecular weight excluding hydrogens is 245 g/mol. The fourth-order valence-electron chi connectivity index (χ4n) is 1.97. The molecular formula is C12H13F3N2O. The molecule has 1 heterocycles. The van der Waals surface area contributed by atoms with Gasteiger partial charge >= 0.3 is 6.18 Å². The Bertz CT molecular complexity index is 457. The van der Waals surface area contributed by atoms with Crippen LogP contribution in [0.2, 0.25) is 0 Å². The smallest absolute Gasteiger partial charge is 0.294 e. The maximum absolute atomic E-state index is 12.1. The van der Waals surface area contributed by atoms with Crippen LogP contribution in [0.15, 0.2) is 6.20 Å². The fourth-order valence-corrected chi connectivity index (χ4v) is 1.97. The van der Waals surface area contributed by atoms with Gasteiger partial charge in [-0.05, 0) is 19.3 Å². The molecule has 0 aromatic carbocycles. The summed E-state index contributed by atoms with van der Waals surface area (Å²) in [6.07, 6.45) is -1.24. The largest absolute Gasteiger partial charge is 0.389 e. The van der Waals surface area contributed by atoms with Gasteiger partial charge in [-0.15, -0.1) is 0 Å². The summed E-state index contributed by atoms with van der Waals surface area (Å²) < 4.78 is 36.3. The molecule has 0 amide bonds. The highest BCUT2D eigenvalue weighted by Crippen LogP contribution is 2.22. The van der Waals surface area contributed by atoms with Crippen LogP contribution in [0.4, 0.5) is 13.2 Å². The summed E-state index contributed by atoms with van der Waals surface area (Å²) in [6, 6.07) is 0. The quantitative estimate of drug-likeness (QED) is 0.766. The average Bonchev–Trinajstić information content (AvgIpc) is 2.48. The first-order chi connectivity index (χ1) is 8.46. The first kappa shape index (κ1) is 13.0. The number of aryl methyl sites for hydroxylation is 2. The third-order valence-electron chi connectivity index (χ3n) is 2.92. The van der Waals surface area contributed by atoms with E-state index in [0.717, 1.165) is 12.8 Å². The number of carbonyl (C=O) groups is 1. The minimum absolute atomic E-state index is 0.00938. The van der Waals surface area contributed by atoms with E-state index in [1.54, 1.807) is 0 Å². The van der Waals surface area contributed by atoms with Crippen LogP contribution in [0.3, 0.4) is 0 Å². The Morgan fingerprint density at radius 2 is 1.94 bits per heavy atom. The fraction of sp³-hybridized carbons (Fsp3) is 0.583. The highest BCUT2D eigenvalue weighted by molar-refractivity contribution is 5.97. The van der Waals surface area contributed by atoms with Gasteiger partial charge in [-0.25, -0.2) is 9.97 Å². The van der Waals surface area contributed by atoms with E-state index in [4.69, 9.17) is 0 Å². The molecule has 0 fully saturated rings. The number of alkyl halides is 3. The SMILES string of the molecule is O=C1CCCCc2nc(CCC(F)(F)F)ncc21. The van der Waals surface area contributed by atoms with E-state index >= 15 is 0 Å². The van der Waals surface area contributed by atoms with E-state index in [9.17, 15) is 18.0 Å². The first-order valence-corrected chi connectivity index (χ1v) is 5.90. The normalized spacial score (nSPS) is 16.3. The molecule has 1 aromatic rings. The Hall–Kier alpha value is -1.46. The molecule has 0 saturated heterocycles. The van der Waals surface area contributed by atoms with Crippen molar-refractivity contribution in [3.8, 4) is 0 Å². The molecule has 0 bridgehead atoms. The van der Waals surface area contributed by atoms with Gasteiger partial charge in [0.2, 0.25) is 0 Å². The van der Waals surface area contributed by atoms with Crippen molar-refractivity contribution in [1.82, 2.24) is 9.97 Å². The van der Waals surface area contributed by atoms with E-state index in [1.165, 1.54) is 6.20 Å². The molecule has 0 N–H and O–H groups in total. The lowest BCUT2D eigenvalue weighted by molar-refractivity contribution is -0.134. The number of hydrogen-bond acceptors (Lipinski definition) is 3. The van der Waals surface area contributed by atoms with Gasteiger partial charge in [0.15, 0.2) is 5.78 Å². The predicted molar refractivity (Wildman–Crippen MR) is 58.3 cm³/mol. The summed E-state index contributed by atoms with van der Waals surface area (Å²) in [7, 11) is 0. The second-order valence-electron chi connectivity index (χ2n) is 4.39. The molecule has 1 aliphatic rings. The zero-order valence-corrected chi connectivity index (χ0v) is 9.76. The molecule has 0 spiro atoms. The minimum Gasteiger partial charge on any atom is -0.294 e. The molecule has 0 aliphatic heterocycles. The topological polar surface area (TPSA) is 42.9 Å². The first-order valence-electron chi connectivity index (χ1n) is 5.90. The molecule has 0 atom stereocenters. The number of hydrogen-bond donors (Lipinski definition) is 0. The van der Waals surface area contributed by atoms with Crippen LogP contribution in [-0.2, 0) is 12.8 Å². The lowest BCUT2D eigenvalue weighted by Crippen LogP contribution is -2.12. The van der Waals surface area contributed by atoms with Gasteiger partial charge in [0.25, 0.3) is 0 Å². The van der Waals surface area contributed by atoms with Gasteiger partial charge in [0, 0.05) is 19.0 Å². The van der Waals surface area contributed by atoms with E-state index in [2.05, 4.69) is 9.97 Å². The van der Waals surface area contributed by atoms with Crippen LogP contribution < -0.4 is 0 Å². The van der Waals surface area contributed by atoms with Crippen molar-refractivity contribution >= 4 is 5.78 Å². The summed E-state index contributed by atoms with van der Waals surface area (Å²) in [5.74, 6) is 0.158. The number of aromatic nitrogens is 2. The number of carbonyl (C=O) groups excluding carboxylic acids is 1. The number of fused-ring (bicyclic) bond motifs is 1. The molecule has 1 aliphatic carbocycles. The van der Waals surface area contributed by atoms with Crippen LogP contribution in [-0.4, -0.2) is 21.9 Å².